The third-order valence-corrected chi connectivity index (χ3v) is 5.21. The van der Waals surface area contributed by atoms with Crippen molar-refractivity contribution in [1.82, 2.24) is 0 Å². The molecule has 0 radical (unpaired) electrons. The summed E-state index contributed by atoms with van der Waals surface area (Å²) in [4.78, 5) is 13.0. The van der Waals surface area contributed by atoms with E-state index >= 15 is 0 Å². The molecule has 3 nitrogen and oxygen atoms in total. The minimum Gasteiger partial charge on any atom is -0.478 e. The summed E-state index contributed by atoms with van der Waals surface area (Å²) < 4.78 is 0. The molecule has 1 aromatic rings. The number of hydrogen-bond acceptors (Lipinski definition) is 3. The van der Waals surface area contributed by atoms with Gasteiger partial charge >= 0.3 is 5.97 Å². The zero-order chi connectivity index (χ0) is 14.7. The summed E-state index contributed by atoms with van der Waals surface area (Å²) in [5, 5.41) is 9.33. The van der Waals surface area contributed by atoms with Crippen LogP contribution < -0.4 is 4.90 Å². The molecule has 1 aromatic carbocycles. The summed E-state index contributed by atoms with van der Waals surface area (Å²) in [6.07, 6.45) is 2.84. The molecule has 1 aliphatic rings. The monoisotopic (exact) mass is 291 g/mol. The Bertz CT molecular complexity index is 527. The van der Waals surface area contributed by atoms with Crippen molar-refractivity contribution in [2.24, 2.45) is 0 Å². The molecule has 2 atom stereocenters. The van der Waals surface area contributed by atoms with Crippen LogP contribution in [0.3, 0.4) is 0 Å². The van der Waals surface area contributed by atoms with Crippen LogP contribution in [0.15, 0.2) is 24.3 Å². The van der Waals surface area contributed by atoms with Gasteiger partial charge in [-0.2, -0.15) is 11.8 Å². The lowest BCUT2D eigenvalue weighted by molar-refractivity contribution is -0.131. The summed E-state index contributed by atoms with van der Waals surface area (Å²) in [5.41, 5.74) is 3.30. The fourth-order valence-electron chi connectivity index (χ4n) is 2.48. The Kier molecular flexibility index (Phi) is 4.76. The van der Waals surface area contributed by atoms with Crippen molar-refractivity contribution in [3.05, 3.63) is 35.4 Å². The second-order valence-electron chi connectivity index (χ2n) is 5.22. The summed E-state index contributed by atoms with van der Waals surface area (Å²) in [6.45, 7) is 7.64. The number of hydrogen-bond donors (Lipinski definition) is 1. The van der Waals surface area contributed by atoms with Crippen LogP contribution in [0.25, 0.3) is 6.08 Å². The first-order valence-corrected chi connectivity index (χ1v) is 7.94. The smallest absolute Gasteiger partial charge is 0.328 e. The van der Waals surface area contributed by atoms with E-state index in [4.69, 9.17) is 5.11 Å². The van der Waals surface area contributed by atoms with Gasteiger partial charge in [-0.3, -0.25) is 0 Å². The Morgan fingerprint density at radius 1 is 1.45 bits per heavy atom. The Morgan fingerprint density at radius 2 is 2.20 bits per heavy atom. The maximum absolute atomic E-state index is 10.6. The molecule has 1 fully saturated rings. The number of rotatable bonds is 3. The van der Waals surface area contributed by atoms with Crippen molar-refractivity contribution in [2.75, 3.05) is 17.2 Å². The number of aryl methyl sites for hydroxylation is 1. The van der Waals surface area contributed by atoms with Gasteiger partial charge in [-0.25, -0.2) is 4.79 Å². The first-order chi connectivity index (χ1) is 9.49. The molecule has 0 amide bonds. The predicted octanol–water partition coefficient (Wildman–Crippen LogP) is 3.42. The van der Waals surface area contributed by atoms with Crippen LogP contribution in [0.4, 0.5) is 5.69 Å². The van der Waals surface area contributed by atoms with Gasteiger partial charge in [-0.15, -0.1) is 0 Å². The highest BCUT2D eigenvalue weighted by Gasteiger charge is 2.25. The van der Waals surface area contributed by atoms with E-state index in [-0.39, 0.29) is 0 Å². The number of nitrogens with zero attached hydrogens (tertiary/aromatic N) is 1. The van der Waals surface area contributed by atoms with Crippen molar-refractivity contribution < 1.29 is 9.90 Å². The standard InChI is InChI=1S/C16H21NO2S/c1-11-10-15(6-4-14(11)5-7-16(18)19)17-8-9-20-13(3)12(17)2/h4-7,10,12-13H,8-9H2,1-3H3,(H,18,19)/b7-5+. The highest BCUT2D eigenvalue weighted by atomic mass is 32.2. The van der Waals surface area contributed by atoms with Crippen LogP contribution in [0.5, 0.6) is 0 Å². The molecule has 1 saturated heterocycles. The molecule has 20 heavy (non-hydrogen) atoms. The van der Waals surface area contributed by atoms with Crippen LogP contribution >= 0.6 is 11.8 Å². The van der Waals surface area contributed by atoms with Gasteiger partial charge in [0, 0.05) is 35.4 Å². The van der Waals surface area contributed by atoms with E-state index < -0.39 is 5.97 Å². The van der Waals surface area contributed by atoms with Gasteiger partial charge in [0.25, 0.3) is 0 Å². The summed E-state index contributed by atoms with van der Waals surface area (Å²) in [6, 6.07) is 6.77. The molecule has 4 heteroatoms. The molecular formula is C16H21NO2S. The predicted molar refractivity (Wildman–Crippen MR) is 86.6 cm³/mol. The Labute approximate surface area is 124 Å². The number of anilines is 1. The van der Waals surface area contributed by atoms with E-state index in [2.05, 4.69) is 30.9 Å². The van der Waals surface area contributed by atoms with E-state index in [0.29, 0.717) is 11.3 Å². The minimum atomic E-state index is -0.913. The number of benzene rings is 1. The van der Waals surface area contributed by atoms with Gasteiger partial charge in [0.1, 0.15) is 0 Å². The zero-order valence-corrected chi connectivity index (χ0v) is 13.0. The van der Waals surface area contributed by atoms with Crippen molar-refractivity contribution in [2.45, 2.75) is 32.1 Å². The number of carboxylic acid groups (broad SMARTS) is 1. The van der Waals surface area contributed by atoms with Gasteiger partial charge in [0.05, 0.1) is 0 Å². The molecule has 108 valence electrons. The first kappa shape index (κ1) is 15.0. The van der Waals surface area contributed by atoms with Gasteiger partial charge in [-0.1, -0.05) is 13.0 Å². The fraction of sp³-hybridized carbons (Fsp3) is 0.438. The van der Waals surface area contributed by atoms with Crippen LogP contribution in [0.1, 0.15) is 25.0 Å². The second kappa shape index (κ2) is 6.35. The highest BCUT2D eigenvalue weighted by Crippen LogP contribution is 2.30. The molecule has 0 aromatic heterocycles. The Morgan fingerprint density at radius 3 is 2.85 bits per heavy atom. The highest BCUT2D eigenvalue weighted by molar-refractivity contribution is 8.00. The van der Waals surface area contributed by atoms with Crippen molar-refractivity contribution in [1.29, 1.82) is 0 Å². The van der Waals surface area contributed by atoms with Gasteiger partial charge in [-0.05, 0) is 43.2 Å². The van der Waals surface area contributed by atoms with E-state index in [1.54, 1.807) is 6.08 Å². The second-order valence-corrected chi connectivity index (χ2v) is 6.71. The van der Waals surface area contributed by atoms with Crippen LogP contribution in [0, 0.1) is 6.92 Å². The molecule has 1 aliphatic heterocycles. The lowest BCUT2D eigenvalue weighted by Gasteiger charge is -2.39. The maximum atomic E-state index is 10.6. The van der Waals surface area contributed by atoms with Gasteiger partial charge in [0.2, 0.25) is 0 Å². The molecule has 1 heterocycles. The SMILES string of the molecule is Cc1cc(N2CCSC(C)C2C)ccc1/C=C/C(=O)O. The van der Waals surface area contributed by atoms with Gasteiger partial charge < -0.3 is 10.0 Å². The van der Waals surface area contributed by atoms with E-state index in [1.165, 1.54) is 11.8 Å². The molecule has 0 bridgehead atoms. The molecule has 2 unspecified atom stereocenters. The number of carbonyl (C=O) groups is 1. The largest absolute Gasteiger partial charge is 0.478 e. The third kappa shape index (κ3) is 3.37. The normalized spacial score (nSPS) is 23.2. The van der Waals surface area contributed by atoms with Crippen LogP contribution in [-0.2, 0) is 4.79 Å². The van der Waals surface area contributed by atoms with Crippen molar-refractivity contribution in [3.63, 3.8) is 0 Å². The molecule has 0 aliphatic carbocycles. The lowest BCUT2D eigenvalue weighted by Crippen LogP contribution is -2.44. The van der Waals surface area contributed by atoms with Crippen molar-refractivity contribution >= 4 is 29.5 Å². The Balaban J connectivity index is 2.22. The molecular weight excluding hydrogens is 270 g/mol. The fourth-order valence-corrected chi connectivity index (χ4v) is 3.58. The average Bonchev–Trinajstić information content (AvgIpc) is 2.40. The lowest BCUT2D eigenvalue weighted by atomic mass is 10.1. The van der Waals surface area contributed by atoms with Crippen LogP contribution in [0.2, 0.25) is 0 Å². The van der Waals surface area contributed by atoms with E-state index in [9.17, 15) is 4.79 Å². The zero-order valence-electron chi connectivity index (χ0n) is 12.2. The van der Waals surface area contributed by atoms with Crippen molar-refractivity contribution in [3.8, 4) is 0 Å². The maximum Gasteiger partial charge on any atom is 0.328 e. The molecule has 2 rings (SSSR count). The quantitative estimate of drug-likeness (QED) is 0.866. The van der Waals surface area contributed by atoms with E-state index in [1.807, 2.05) is 24.8 Å². The number of carboxylic acids is 1. The Hall–Kier alpha value is -1.42. The summed E-state index contributed by atoms with van der Waals surface area (Å²) in [7, 11) is 0. The van der Waals surface area contributed by atoms with Gasteiger partial charge in [0.15, 0.2) is 0 Å². The molecule has 0 saturated carbocycles. The summed E-state index contributed by atoms with van der Waals surface area (Å²) >= 11 is 2.03. The first-order valence-electron chi connectivity index (χ1n) is 6.89. The molecule has 1 N–H and O–H groups in total. The van der Waals surface area contributed by atoms with Crippen LogP contribution in [-0.4, -0.2) is 34.7 Å². The number of aliphatic carboxylic acids is 1. The number of thioether (sulfide) groups is 1. The third-order valence-electron chi connectivity index (χ3n) is 3.87. The molecule has 0 spiro atoms. The van der Waals surface area contributed by atoms with E-state index in [0.717, 1.165) is 23.4 Å². The average molecular weight is 291 g/mol. The minimum absolute atomic E-state index is 0.522. The summed E-state index contributed by atoms with van der Waals surface area (Å²) in [5.74, 6) is 0.245. The topological polar surface area (TPSA) is 40.5 Å².